The van der Waals surface area contributed by atoms with E-state index in [0.717, 1.165) is 25.7 Å². The maximum Gasteiger partial charge on any atom is 0.573 e. The molecule has 2 aliphatic rings. The zero-order valence-corrected chi connectivity index (χ0v) is 11.5. The summed E-state index contributed by atoms with van der Waals surface area (Å²) in [4.78, 5) is 0. The van der Waals surface area contributed by atoms with Crippen LogP contribution in [0.1, 0.15) is 32.1 Å². The maximum atomic E-state index is 12.2. The first kappa shape index (κ1) is 14.5. The Bertz CT molecular complexity index is 480. The van der Waals surface area contributed by atoms with Crippen molar-refractivity contribution in [3.05, 3.63) is 24.3 Å². The van der Waals surface area contributed by atoms with Gasteiger partial charge in [0.15, 0.2) is 0 Å². The standard InChI is InChI=1S/C15H18F3NO2/c16-15(17,18)21-13-6-2-5-12(9-13)20-14-7-10-3-1-4-11(8-14)19-10/h2,5-6,9-11,14,19H,1,3-4,7-8H2/t10-,11+,14?. The third-order valence-corrected chi connectivity index (χ3v) is 4.01. The van der Waals surface area contributed by atoms with Gasteiger partial charge in [-0.05, 0) is 37.8 Å². The number of hydrogen-bond acceptors (Lipinski definition) is 3. The molecule has 116 valence electrons. The van der Waals surface area contributed by atoms with Gasteiger partial charge in [0.1, 0.15) is 17.6 Å². The molecule has 21 heavy (non-hydrogen) atoms. The lowest BCUT2D eigenvalue weighted by Gasteiger charge is -2.40. The fraction of sp³-hybridized carbons (Fsp3) is 0.600. The number of benzene rings is 1. The van der Waals surface area contributed by atoms with Gasteiger partial charge < -0.3 is 14.8 Å². The highest BCUT2D eigenvalue weighted by molar-refractivity contribution is 5.33. The van der Waals surface area contributed by atoms with Gasteiger partial charge in [-0.3, -0.25) is 0 Å². The largest absolute Gasteiger partial charge is 0.573 e. The van der Waals surface area contributed by atoms with Gasteiger partial charge in [-0.2, -0.15) is 0 Å². The van der Waals surface area contributed by atoms with E-state index in [1.165, 1.54) is 24.6 Å². The van der Waals surface area contributed by atoms with Crippen LogP contribution in [0.2, 0.25) is 0 Å². The van der Waals surface area contributed by atoms with E-state index in [2.05, 4.69) is 10.1 Å². The second-order valence-electron chi connectivity index (χ2n) is 5.73. The number of ether oxygens (including phenoxy) is 2. The molecule has 0 amide bonds. The Morgan fingerprint density at radius 2 is 1.71 bits per heavy atom. The Morgan fingerprint density at radius 3 is 2.38 bits per heavy atom. The lowest BCUT2D eigenvalue weighted by atomic mass is 9.85. The average Bonchev–Trinajstić information content (AvgIpc) is 2.36. The van der Waals surface area contributed by atoms with Crippen LogP contribution < -0.4 is 14.8 Å². The molecule has 3 nitrogen and oxygen atoms in total. The van der Waals surface area contributed by atoms with Crippen LogP contribution in [0.25, 0.3) is 0 Å². The molecule has 0 spiro atoms. The van der Waals surface area contributed by atoms with Crippen molar-refractivity contribution < 1.29 is 22.6 Å². The van der Waals surface area contributed by atoms with Crippen molar-refractivity contribution in [3.8, 4) is 11.5 Å². The highest BCUT2D eigenvalue weighted by atomic mass is 19.4. The van der Waals surface area contributed by atoms with Gasteiger partial charge in [0.2, 0.25) is 0 Å². The molecule has 6 heteroatoms. The fourth-order valence-electron chi connectivity index (χ4n) is 3.25. The van der Waals surface area contributed by atoms with Crippen molar-refractivity contribution in [2.24, 2.45) is 0 Å². The van der Waals surface area contributed by atoms with Crippen LogP contribution in [0.15, 0.2) is 24.3 Å². The maximum absolute atomic E-state index is 12.2. The fourth-order valence-corrected chi connectivity index (χ4v) is 3.25. The molecule has 1 N–H and O–H groups in total. The van der Waals surface area contributed by atoms with E-state index in [1.54, 1.807) is 6.07 Å². The number of alkyl halides is 3. The molecule has 0 saturated carbocycles. The van der Waals surface area contributed by atoms with Crippen LogP contribution in [-0.2, 0) is 0 Å². The molecule has 0 aliphatic carbocycles. The summed E-state index contributed by atoms with van der Waals surface area (Å²) in [6.07, 6.45) is 0.722. The molecule has 2 bridgehead atoms. The molecule has 3 atom stereocenters. The predicted molar refractivity (Wildman–Crippen MR) is 71.3 cm³/mol. The van der Waals surface area contributed by atoms with E-state index >= 15 is 0 Å². The molecule has 2 saturated heterocycles. The smallest absolute Gasteiger partial charge is 0.490 e. The highest BCUT2D eigenvalue weighted by Crippen LogP contribution is 2.31. The van der Waals surface area contributed by atoms with Crippen LogP contribution in [-0.4, -0.2) is 24.6 Å². The van der Waals surface area contributed by atoms with Crippen LogP contribution in [0.4, 0.5) is 13.2 Å². The third kappa shape index (κ3) is 4.03. The van der Waals surface area contributed by atoms with Crippen LogP contribution >= 0.6 is 0 Å². The number of nitrogens with one attached hydrogen (secondary N) is 1. The lowest BCUT2D eigenvalue weighted by molar-refractivity contribution is -0.274. The summed E-state index contributed by atoms with van der Waals surface area (Å²) in [6.45, 7) is 0. The quantitative estimate of drug-likeness (QED) is 0.924. The van der Waals surface area contributed by atoms with E-state index < -0.39 is 6.36 Å². The van der Waals surface area contributed by atoms with Crippen molar-refractivity contribution in [1.82, 2.24) is 5.32 Å². The minimum absolute atomic E-state index is 0.0580. The van der Waals surface area contributed by atoms with E-state index in [1.807, 2.05) is 0 Å². The van der Waals surface area contributed by atoms with Crippen molar-refractivity contribution in [3.63, 3.8) is 0 Å². The van der Waals surface area contributed by atoms with Gasteiger partial charge in [-0.1, -0.05) is 12.5 Å². The van der Waals surface area contributed by atoms with Crippen molar-refractivity contribution in [2.45, 2.75) is 56.7 Å². The molecule has 2 heterocycles. The van der Waals surface area contributed by atoms with Crippen LogP contribution in [0, 0.1) is 0 Å². The Hall–Kier alpha value is -1.43. The van der Waals surface area contributed by atoms with Gasteiger partial charge >= 0.3 is 6.36 Å². The first-order chi connectivity index (χ1) is 9.98. The number of hydrogen-bond donors (Lipinski definition) is 1. The molecule has 1 unspecified atom stereocenters. The first-order valence-corrected chi connectivity index (χ1v) is 7.26. The Balaban J connectivity index is 1.63. The predicted octanol–water partition coefficient (Wildman–Crippen LogP) is 3.64. The Labute approximate surface area is 121 Å². The van der Waals surface area contributed by atoms with Gasteiger partial charge in [-0.15, -0.1) is 13.2 Å². The molecule has 0 aromatic heterocycles. The third-order valence-electron chi connectivity index (χ3n) is 4.01. The van der Waals surface area contributed by atoms with Crippen LogP contribution in [0.3, 0.4) is 0 Å². The molecule has 2 fully saturated rings. The van der Waals surface area contributed by atoms with E-state index in [4.69, 9.17) is 4.74 Å². The summed E-state index contributed by atoms with van der Waals surface area (Å²) >= 11 is 0. The monoisotopic (exact) mass is 301 g/mol. The zero-order chi connectivity index (χ0) is 14.9. The van der Waals surface area contributed by atoms with Gasteiger partial charge in [0, 0.05) is 18.2 Å². The van der Waals surface area contributed by atoms with Gasteiger partial charge in [0.05, 0.1) is 0 Å². The number of piperidine rings is 2. The second-order valence-corrected chi connectivity index (χ2v) is 5.73. The van der Waals surface area contributed by atoms with Gasteiger partial charge in [0.25, 0.3) is 0 Å². The van der Waals surface area contributed by atoms with Crippen LogP contribution in [0.5, 0.6) is 11.5 Å². The molecule has 1 aromatic carbocycles. The van der Waals surface area contributed by atoms with Crippen molar-refractivity contribution >= 4 is 0 Å². The number of rotatable bonds is 3. The van der Waals surface area contributed by atoms with Crippen molar-refractivity contribution in [2.75, 3.05) is 0 Å². The number of halogens is 3. The second kappa shape index (κ2) is 5.75. The minimum Gasteiger partial charge on any atom is -0.490 e. The van der Waals surface area contributed by atoms with E-state index in [-0.39, 0.29) is 11.9 Å². The number of fused-ring (bicyclic) bond motifs is 2. The highest BCUT2D eigenvalue weighted by Gasteiger charge is 2.33. The summed E-state index contributed by atoms with van der Waals surface area (Å²) in [5.41, 5.74) is 0. The molecule has 2 aliphatic heterocycles. The Morgan fingerprint density at radius 1 is 1.05 bits per heavy atom. The topological polar surface area (TPSA) is 30.5 Å². The summed E-state index contributed by atoms with van der Waals surface area (Å²) in [7, 11) is 0. The summed E-state index contributed by atoms with van der Waals surface area (Å²) in [5.74, 6) is 0.191. The average molecular weight is 301 g/mol. The van der Waals surface area contributed by atoms with E-state index in [0.29, 0.717) is 17.8 Å². The molecule has 0 radical (unpaired) electrons. The normalized spacial score (nSPS) is 29.0. The first-order valence-electron chi connectivity index (χ1n) is 7.26. The van der Waals surface area contributed by atoms with Gasteiger partial charge in [-0.25, -0.2) is 0 Å². The SMILES string of the molecule is FC(F)(F)Oc1cccc(OC2C[C@H]3CCC[C@@H](C2)N3)c1. The summed E-state index contributed by atoms with van der Waals surface area (Å²) < 4.78 is 46.4. The molecule has 1 aromatic rings. The lowest BCUT2D eigenvalue weighted by Crippen LogP contribution is -2.51. The summed E-state index contributed by atoms with van der Waals surface area (Å²) in [5, 5.41) is 3.56. The Kier molecular flexibility index (Phi) is 3.97. The molecule has 3 rings (SSSR count). The van der Waals surface area contributed by atoms with Crippen molar-refractivity contribution in [1.29, 1.82) is 0 Å². The minimum atomic E-state index is -4.68. The molecular weight excluding hydrogens is 283 g/mol. The zero-order valence-electron chi connectivity index (χ0n) is 11.5. The van der Waals surface area contributed by atoms with E-state index in [9.17, 15) is 13.2 Å². The molecular formula is C15H18F3NO2. The summed E-state index contributed by atoms with van der Waals surface area (Å²) in [6, 6.07) is 6.69.